The van der Waals surface area contributed by atoms with Crippen molar-refractivity contribution in [3.63, 3.8) is 0 Å². The summed E-state index contributed by atoms with van der Waals surface area (Å²) in [6.45, 7) is 5.88. The number of para-hydroxylation sites is 1. The molecule has 2 aromatic heterocycles. The van der Waals surface area contributed by atoms with E-state index < -0.39 is 6.04 Å². The van der Waals surface area contributed by atoms with Gasteiger partial charge in [0.25, 0.3) is 0 Å². The van der Waals surface area contributed by atoms with Crippen LogP contribution in [0.5, 0.6) is 0 Å². The molecule has 8 nitrogen and oxygen atoms in total. The number of ether oxygens (including phenoxy) is 1. The summed E-state index contributed by atoms with van der Waals surface area (Å²) in [5.41, 5.74) is 1.52. The zero-order valence-corrected chi connectivity index (χ0v) is 20.0. The quantitative estimate of drug-likeness (QED) is 0.492. The summed E-state index contributed by atoms with van der Waals surface area (Å²) >= 11 is 1.48. The molecular formula is C24H31N5O3S. The van der Waals surface area contributed by atoms with Crippen LogP contribution in [0.4, 0.5) is 0 Å². The lowest BCUT2D eigenvalue weighted by Crippen LogP contribution is -2.47. The number of amides is 2. The molecule has 9 heteroatoms. The lowest BCUT2D eigenvalue weighted by atomic mass is 10.1. The first-order valence-corrected chi connectivity index (χ1v) is 12.4. The van der Waals surface area contributed by atoms with Crippen LogP contribution in [0.25, 0.3) is 11.0 Å². The molecule has 176 valence electrons. The van der Waals surface area contributed by atoms with Gasteiger partial charge in [0.2, 0.25) is 11.8 Å². The lowest BCUT2D eigenvalue weighted by molar-refractivity contribution is -0.143. The van der Waals surface area contributed by atoms with Crippen LogP contribution < -0.4 is 5.32 Å². The third-order valence-corrected chi connectivity index (χ3v) is 6.77. The first kappa shape index (κ1) is 23.4. The van der Waals surface area contributed by atoms with E-state index in [-0.39, 0.29) is 24.5 Å². The summed E-state index contributed by atoms with van der Waals surface area (Å²) in [7, 11) is 0. The smallest absolute Gasteiger partial charge is 0.248 e. The number of hydrogen-bond acceptors (Lipinski definition) is 6. The van der Waals surface area contributed by atoms with Crippen molar-refractivity contribution in [2.24, 2.45) is 5.92 Å². The maximum Gasteiger partial charge on any atom is 0.248 e. The topological polar surface area (TPSA) is 89.4 Å². The molecule has 1 saturated heterocycles. The average molecular weight is 470 g/mol. The fourth-order valence-electron chi connectivity index (χ4n) is 4.06. The molecule has 33 heavy (non-hydrogen) atoms. The van der Waals surface area contributed by atoms with Gasteiger partial charge in [0.1, 0.15) is 18.1 Å². The van der Waals surface area contributed by atoms with Gasteiger partial charge in [-0.2, -0.15) is 0 Å². The predicted octanol–water partition coefficient (Wildman–Crippen LogP) is 3.40. The van der Waals surface area contributed by atoms with Gasteiger partial charge >= 0.3 is 0 Å². The second-order valence-corrected chi connectivity index (χ2v) is 9.79. The van der Waals surface area contributed by atoms with Crippen LogP contribution in [0.1, 0.15) is 44.0 Å². The number of thiophene rings is 1. The van der Waals surface area contributed by atoms with Gasteiger partial charge in [0.05, 0.1) is 11.6 Å². The molecular weight excluding hydrogens is 438 g/mol. The van der Waals surface area contributed by atoms with Gasteiger partial charge in [-0.05, 0) is 48.8 Å². The van der Waals surface area contributed by atoms with E-state index >= 15 is 0 Å². The summed E-state index contributed by atoms with van der Waals surface area (Å²) in [5, 5.41) is 13.3. The Balaban J connectivity index is 1.60. The number of nitrogens with one attached hydrogen (secondary N) is 1. The fourth-order valence-corrected chi connectivity index (χ4v) is 4.90. The highest BCUT2D eigenvalue weighted by Gasteiger charge is 2.35. The molecule has 0 saturated carbocycles. The minimum absolute atomic E-state index is 0.00832. The number of nitrogens with zero attached hydrogens (tertiary/aromatic N) is 4. The zero-order chi connectivity index (χ0) is 23.2. The highest BCUT2D eigenvalue weighted by molar-refractivity contribution is 7.10. The SMILES string of the molecule is CC(C)CCNC(=O)[C@@H](c1cccs1)N(C[C@@H]1CCCO1)C(=O)Cn1nnc2ccccc21. The average Bonchev–Trinajstić information content (AvgIpc) is 3.56. The standard InChI is InChI=1S/C24H31N5O3S/c1-17(2)11-12-25-24(31)23(21-10-6-14-33-21)28(15-18-7-5-13-32-18)22(30)16-29-20-9-4-3-8-19(20)26-27-29/h3-4,6,8-10,14,17-18,23H,5,7,11-13,15-16H2,1-2H3,(H,25,31)/t18-,23+/m0/s1. The molecule has 4 rings (SSSR count). The van der Waals surface area contributed by atoms with Gasteiger partial charge < -0.3 is 15.0 Å². The second-order valence-electron chi connectivity index (χ2n) is 8.81. The van der Waals surface area contributed by atoms with Crippen molar-refractivity contribution in [2.45, 2.75) is 51.8 Å². The molecule has 0 bridgehead atoms. The Labute approximate surface area is 197 Å². The predicted molar refractivity (Wildman–Crippen MR) is 128 cm³/mol. The van der Waals surface area contributed by atoms with Crippen LogP contribution in [0, 0.1) is 5.92 Å². The second kappa shape index (κ2) is 10.9. The Hall–Kier alpha value is -2.78. The molecule has 2 amide bonds. The monoisotopic (exact) mass is 469 g/mol. The van der Waals surface area contributed by atoms with Crippen LogP contribution in [0.2, 0.25) is 0 Å². The van der Waals surface area contributed by atoms with E-state index in [4.69, 9.17) is 4.74 Å². The van der Waals surface area contributed by atoms with Gasteiger partial charge in [-0.15, -0.1) is 16.4 Å². The first-order valence-electron chi connectivity index (χ1n) is 11.5. The number of aromatic nitrogens is 3. The van der Waals surface area contributed by atoms with E-state index in [0.717, 1.165) is 35.2 Å². The molecule has 1 aromatic carbocycles. The van der Waals surface area contributed by atoms with Gasteiger partial charge in [-0.1, -0.05) is 37.3 Å². The Bertz CT molecular complexity index is 1060. The molecule has 0 aliphatic carbocycles. The third-order valence-electron chi connectivity index (χ3n) is 5.84. The normalized spacial score (nSPS) is 16.9. The Morgan fingerprint density at radius 2 is 2.12 bits per heavy atom. The van der Waals surface area contributed by atoms with E-state index in [1.54, 1.807) is 9.58 Å². The number of carbonyl (C=O) groups excluding carboxylic acids is 2. The number of carbonyl (C=O) groups is 2. The Morgan fingerprint density at radius 1 is 1.27 bits per heavy atom. The van der Waals surface area contributed by atoms with E-state index in [9.17, 15) is 9.59 Å². The molecule has 1 fully saturated rings. The molecule has 3 aromatic rings. The maximum atomic E-state index is 13.7. The van der Waals surface area contributed by atoms with Crippen molar-refractivity contribution < 1.29 is 14.3 Å². The highest BCUT2D eigenvalue weighted by Crippen LogP contribution is 2.28. The van der Waals surface area contributed by atoms with Crippen LogP contribution >= 0.6 is 11.3 Å². The molecule has 0 unspecified atom stereocenters. The fraction of sp³-hybridized carbons (Fsp3) is 0.500. The van der Waals surface area contributed by atoms with E-state index in [1.807, 2.05) is 41.8 Å². The molecule has 3 heterocycles. The molecule has 2 atom stereocenters. The molecule has 0 spiro atoms. The van der Waals surface area contributed by atoms with Gasteiger partial charge in [-0.3, -0.25) is 9.59 Å². The molecule has 1 aliphatic heterocycles. The van der Waals surface area contributed by atoms with Crippen LogP contribution in [0.3, 0.4) is 0 Å². The minimum atomic E-state index is -0.705. The van der Waals surface area contributed by atoms with Crippen molar-refractivity contribution >= 4 is 34.2 Å². The molecule has 1 aliphatic rings. The van der Waals surface area contributed by atoms with Gasteiger partial charge in [0.15, 0.2) is 0 Å². The first-order chi connectivity index (χ1) is 16.0. The zero-order valence-electron chi connectivity index (χ0n) is 19.1. The largest absolute Gasteiger partial charge is 0.376 e. The highest BCUT2D eigenvalue weighted by atomic mass is 32.1. The Morgan fingerprint density at radius 3 is 2.85 bits per heavy atom. The number of hydrogen-bond donors (Lipinski definition) is 1. The number of benzene rings is 1. The lowest BCUT2D eigenvalue weighted by Gasteiger charge is -2.32. The summed E-state index contributed by atoms with van der Waals surface area (Å²) < 4.78 is 7.44. The Kier molecular flexibility index (Phi) is 7.72. The van der Waals surface area contributed by atoms with Crippen molar-refractivity contribution in [3.8, 4) is 0 Å². The van der Waals surface area contributed by atoms with Crippen LogP contribution in [-0.4, -0.2) is 57.5 Å². The van der Waals surface area contributed by atoms with E-state index in [0.29, 0.717) is 25.6 Å². The number of fused-ring (bicyclic) bond motifs is 1. The van der Waals surface area contributed by atoms with Crippen LogP contribution in [-0.2, 0) is 20.9 Å². The van der Waals surface area contributed by atoms with Crippen molar-refractivity contribution in [3.05, 3.63) is 46.7 Å². The summed E-state index contributed by atoms with van der Waals surface area (Å²) in [4.78, 5) is 29.6. The van der Waals surface area contributed by atoms with Gasteiger partial charge in [0, 0.05) is 24.6 Å². The van der Waals surface area contributed by atoms with E-state index in [1.165, 1.54) is 11.3 Å². The maximum absolute atomic E-state index is 13.7. The minimum Gasteiger partial charge on any atom is -0.376 e. The van der Waals surface area contributed by atoms with Crippen molar-refractivity contribution in [2.75, 3.05) is 19.7 Å². The summed E-state index contributed by atoms with van der Waals surface area (Å²) in [6.07, 6.45) is 2.65. The van der Waals surface area contributed by atoms with Crippen molar-refractivity contribution in [1.82, 2.24) is 25.2 Å². The molecule has 0 radical (unpaired) electrons. The number of rotatable bonds is 10. The van der Waals surface area contributed by atoms with Gasteiger partial charge in [-0.25, -0.2) is 4.68 Å². The molecule has 1 N–H and O–H groups in total. The summed E-state index contributed by atoms with van der Waals surface area (Å²) in [6, 6.07) is 10.7. The van der Waals surface area contributed by atoms with E-state index in [2.05, 4.69) is 29.5 Å². The third kappa shape index (κ3) is 5.78. The van der Waals surface area contributed by atoms with Crippen LogP contribution in [0.15, 0.2) is 41.8 Å². The summed E-state index contributed by atoms with van der Waals surface area (Å²) in [5.74, 6) is 0.141. The van der Waals surface area contributed by atoms with Crippen molar-refractivity contribution in [1.29, 1.82) is 0 Å².